The molecule has 0 saturated carbocycles. The van der Waals surface area contributed by atoms with Crippen molar-refractivity contribution in [3.05, 3.63) is 54.1 Å². The van der Waals surface area contributed by atoms with Crippen molar-refractivity contribution in [1.82, 2.24) is 4.90 Å². The number of hydrogen-bond donors (Lipinski definition) is 0. The Bertz CT molecular complexity index is 868. The lowest BCUT2D eigenvalue weighted by molar-refractivity contribution is -0.136. The molecule has 0 bridgehead atoms. The normalized spacial score (nSPS) is 18.2. The van der Waals surface area contributed by atoms with Crippen molar-refractivity contribution in [3.63, 3.8) is 0 Å². The van der Waals surface area contributed by atoms with E-state index in [4.69, 9.17) is 9.47 Å². The zero-order valence-electron chi connectivity index (χ0n) is 16.0. The third-order valence-electron chi connectivity index (χ3n) is 5.22. The number of ether oxygens (including phenoxy) is 2. The predicted octanol–water partition coefficient (Wildman–Crippen LogP) is 2.86. The fraction of sp³-hybridized carbons (Fsp3) is 0.364. The van der Waals surface area contributed by atoms with Crippen LogP contribution in [0.5, 0.6) is 11.5 Å². The van der Waals surface area contributed by atoms with Crippen LogP contribution in [0.25, 0.3) is 0 Å². The summed E-state index contributed by atoms with van der Waals surface area (Å²) in [6.07, 6.45) is 0.235. The Labute approximate surface area is 164 Å². The van der Waals surface area contributed by atoms with Gasteiger partial charge in [-0.25, -0.2) is 0 Å². The molecule has 4 rings (SSSR count). The summed E-state index contributed by atoms with van der Waals surface area (Å²) in [5.41, 5.74) is 1.83. The van der Waals surface area contributed by atoms with E-state index in [1.807, 2.05) is 60.4 Å². The predicted molar refractivity (Wildman–Crippen MR) is 105 cm³/mol. The summed E-state index contributed by atoms with van der Waals surface area (Å²) < 4.78 is 11.2. The van der Waals surface area contributed by atoms with Crippen LogP contribution in [0.3, 0.4) is 0 Å². The van der Waals surface area contributed by atoms with Crippen LogP contribution in [0.1, 0.15) is 18.9 Å². The molecule has 0 N–H and O–H groups in total. The number of benzene rings is 2. The first-order valence-electron chi connectivity index (χ1n) is 9.68. The molecule has 1 atom stereocenters. The van der Waals surface area contributed by atoms with Crippen molar-refractivity contribution in [2.24, 2.45) is 5.92 Å². The maximum atomic E-state index is 13.0. The zero-order chi connectivity index (χ0) is 19.5. The van der Waals surface area contributed by atoms with Crippen LogP contribution in [0.2, 0.25) is 0 Å². The molecule has 0 aliphatic carbocycles. The fourth-order valence-corrected chi connectivity index (χ4v) is 3.73. The Morgan fingerprint density at radius 2 is 1.86 bits per heavy atom. The lowest BCUT2D eigenvalue weighted by Gasteiger charge is -2.25. The number of anilines is 1. The molecule has 146 valence electrons. The number of nitrogens with zero attached hydrogens (tertiary/aromatic N) is 2. The molecular formula is C22H24N2O4. The van der Waals surface area contributed by atoms with Gasteiger partial charge in [0.25, 0.3) is 0 Å². The van der Waals surface area contributed by atoms with Crippen molar-refractivity contribution in [2.75, 3.05) is 31.2 Å². The lowest BCUT2D eigenvalue weighted by Crippen LogP contribution is -2.37. The first-order chi connectivity index (χ1) is 13.7. The van der Waals surface area contributed by atoms with E-state index >= 15 is 0 Å². The summed E-state index contributed by atoms with van der Waals surface area (Å²) in [6, 6.07) is 15.4. The van der Waals surface area contributed by atoms with E-state index in [2.05, 4.69) is 0 Å². The topological polar surface area (TPSA) is 59.1 Å². The van der Waals surface area contributed by atoms with Crippen LogP contribution >= 0.6 is 0 Å². The van der Waals surface area contributed by atoms with E-state index in [0.717, 1.165) is 11.3 Å². The number of carbonyl (C=O) groups excluding carboxylic acids is 2. The monoisotopic (exact) mass is 380 g/mol. The van der Waals surface area contributed by atoms with Gasteiger partial charge in [-0.1, -0.05) is 30.3 Å². The van der Waals surface area contributed by atoms with Crippen molar-refractivity contribution >= 4 is 17.5 Å². The minimum absolute atomic E-state index is 0.0275. The molecule has 2 amide bonds. The molecule has 0 aromatic heterocycles. The average molecular weight is 380 g/mol. The highest BCUT2D eigenvalue weighted by Gasteiger charge is 2.37. The van der Waals surface area contributed by atoms with E-state index in [9.17, 15) is 9.59 Å². The van der Waals surface area contributed by atoms with E-state index in [1.165, 1.54) is 0 Å². The van der Waals surface area contributed by atoms with Gasteiger partial charge >= 0.3 is 0 Å². The summed E-state index contributed by atoms with van der Waals surface area (Å²) in [7, 11) is 0. The molecule has 2 aliphatic rings. The second kappa shape index (κ2) is 7.92. The summed E-state index contributed by atoms with van der Waals surface area (Å²) in [4.78, 5) is 29.1. The van der Waals surface area contributed by atoms with Gasteiger partial charge < -0.3 is 19.3 Å². The number of amides is 2. The summed E-state index contributed by atoms with van der Waals surface area (Å²) in [5.74, 6) is 0.995. The van der Waals surface area contributed by atoms with Crippen molar-refractivity contribution in [3.8, 4) is 11.5 Å². The van der Waals surface area contributed by atoms with Crippen molar-refractivity contribution in [1.29, 1.82) is 0 Å². The SMILES string of the molecule is CCN(Cc1ccccc1)C(=O)C1CC(=O)N(c2ccc3c(c2)OCCO3)C1. The molecule has 1 unspecified atom stereocenters. The lowest BCUT2D eigenvalue weighted by atomic mass is 10.1. The molecule has 1 fully saturated rings. The molecule has 2 aliphatic heterocycles. The first kappa shape index (κ1) is 18.3. The Kier molecular flexibility index (Phi) is 5.19. The standard InChI is InChI=1S/C22H24N2O4/c1-2-23(14-16-6-4-3-5-7-16)22(26)17-12-21(25)24(15-17)18-8-9-19-20(13-18)28-11-10-27-19/h3-9,13,17H,2,10-12,14-15H2,1H3. The van der Waals surface area contributed by atoms with E-state index < -0.39 is 0 Å². The zero-order valence-corrected chi connectivity index (χ0v) is 16.0. The van der Waals surface area contributed by atoms with E-state index in [-0.39, 0.29) is 24.2 Å². The number of hydrogen-bond acceptors (Lipinski definition) is 4. The number of carbonyl (C=O) groups is 2. The van der Waals surface area contributed by atoms with E-state index in [0.29, 0.717) is 44.3 Å². The maximum absolute atomic E-state index is 13.0. The Morgan fingerprint density at radius 1 is 1.11 bits per heavy atom. The van der Waals surface area contributed by atoms with Gasteiger partial charge in [-0.3, -0.25) is 9.59 Å². The Hall–Kier alpha value is -3.02. The first-order valence-corrected chi connectivity index (χ1v) is 9.68. The molecule has 0 spiro atoms. The van der Waals surface area contributed by atoms with Gasteiger partial charge in [-0.15, -0.1) is 0 Å². The van der Waals surface area contributed by atoms with Gasteiger partial charge in [-0.2, -0.15) is 0 Å². The smallest absolute Gasteiger partial charge is 0.228 e. The molecule has 0 radical (unpaired) electrons. The molecular weight excluding hydrogens is 356 g/mol. The highest BCUT2D eigenvalue weighted by molar-refractivity contribution is 6.00. The van der Waals surface area contributed by atoms with Crippen LogP contribution < -0.4 is 14.4 Å². The molecule has 6 nitrogen and oxygen atoms in total. The summed E-state index contributed by atoms with van der Waals surface area (Å²) >= 11 is 0. The number of fused-ring (bicyclic) bond motifs is 1. The van der Waals surface area contributed by atoms with Crippen molar-refractivity contribution < 1.29 is 19.1 Å². The van der Waals surface area contributed by atoms with Gasteiger partial charge in [0.05, 0.1) is 5.92 Å². The van der Waals surface area contributed by atoms with Gasteiger partial charge in [0.2, 0.25) is 11.8 Å². The molecule has 1 saturated heterocycles. The molecule has 2 aromatic rings. The Morgan fingerprint density at radius 3 is 2.61 bits per heavy atom. The highest BCUT2D eigenvalue weighted by Crippen LogP contribution is 2.36. The average Bonchev–Trinajstić information content (AvgIpc) is 3.13. The van der Waals surface area contributed by atoms with Crippen LogP contribution in [0.4, 0.5) is 5.69 Å². The van der Waals surface area contributed by atoms with Gasteiger partial charge in [0.1, 0.15) is 13.2 Å². The second-order valence-electron chi connectivity index (χ2n) is 7.07. The molecule has 6 heteroatoms. The van der Waals surface area contributed by atoms with Crippen molar-refractivity contribution in [2.45, 2.75) is 19.9 Å². The third-order valence-corrected chi connectivity index (χ3v) is 5.22. The minimum atomic E-state index is -0.329. The van der Waals surface area contributed by atoms with Crippen LogP contribution in [-0.4, -0.2) is 43.0 Å². The molecule has 2 heterocycles. The van der Waals surface area contributed by atoms with Crippen LogP contribution in [0.15, 0.2) is 48.5 Å². The molecule has 28 heavy (non-hydrogen) atoms. The largest absolute Gasteiger partial charge is 0.486 e. The maximum Gasteiger partial charge on any atom is 0.228 e. The summed E-state index contributed by atoms with van der Waals surface area (Å²) in [6.45, 7) is 4.56. The van der Waals surface area contributed by atoms with Gasteiger partial charge in [-0.05, 0) is 24.6 Å². The minimum Gasteiger partial charge on any atom is -0.486 e. The van der Waals surface area contributed by atoms with Gasteiger partial charge in [0, 0.05) is 37.8 Å². The van der Waals surface area contributed by atoms with Gasteiger partial charge in [0.15, 0.2) is 11.5 Å². The second-order valence-corrected chi connectivity index (χ2v) is 7.07. The fourth-order valence-electron chi connectivity index (χ4n) is 3.73. The summed E-state index contributed by atoms with van der Waals surface area (Å²) in [5, 5.41) is 0. The highest BCUT2D eigenvalue weighted by atomic mass is 16.6. The molecule has 2 aromatic carbocycles. The third kappa shape index (κ3) is 3.67. The number of rotatable bonds is 5. The Balaban J connectivity index is 1.47. The van der Waals surface area contributed by atoms with Crippen LogP contribution in [-0.2, 0) is 16.1 Å². The van der Waals surface area contributed by atoms with Crippen LogP contribution in [0, 0.1) is 5.92 Å². The quantitative estimate of drug-likeness (QED) is 0.800. The van der Waals surface area contributed by atoms with E-state index in [1.54, 1.807) is 4.90 Å².